The number of hydrogen-bond donors (Lipinski definition) is 1. The summed E-state index contributed by atoms with van der Waals surface area (Å²) in [7, 11) is 0. The number of nitrogens with two attached hydrogens (primary N) is 1. The van der Waals surface area contributed by atoms with Gasteiger partial charge in [-0.1, -0.05) is 18.2 Å². The van der Waals surface area contributed by atoms with Gasteiger partial charge in [0, 0.05) is 17.0 Å². The Morgan fingerprint density at radius 2 is 1.75 bits per heavy atom. The monoisotopic (exact) mass is 287 g/mol. The summed E-state index contributed by atoms with van der Waals surface area (Å²) in [5, 5.41) is 0. The molecule has 0 bridgehead atoms. The van der Waals surface area contributed by atoms with E-state index in [2.05, 4.69) is 45.2 Å². The molecular formula is C17H21NOS. The van der Waals surface area contributed by atoms with Gasteiger partial charge in [0.25, 0.3) is 0 Å². The summed E-state index contributed by atoms with van der Waals surface area (Å²) in [6, 6.07) is 10.3. The molecule has 0 amide bonds. The van der Waals surface area contributed by atoms with Crippen LogP contribution in [0.2, 0.25) is 0 Å². The Morgan fingerprint density at radius 1 is 1.05 bits per heavy atom. The molecule has 106 valence electrons. The maximum Gasteiger partial charge on any atom is 0.133 e. The SMILES string of the molecule is CSc1cccc(Oc2c(C)ccc(C)c2C)c1CN. The minimum Gasteiger partial charge on any atom is -0.456 e. The molecule has 2 rings (SSSR count). The van der Waals surface area contributed by atoms with Crippen LogP contribution in [0.4, 0.5) is 0 Å². The Kier molecular flexibility index (Phi) is 4.73. The molecule has 0 spiro atoms. The zero-order valence-corrected chi connectivity index (χ0v) is 13.3. The van der Waals surface area contributed by atoms with Gasteiger partial charge in [-0.15, -0.1) is 11.8 Å². The largest absolute Gasteiger partial charge is 0.456 e. The first kappa shape index (κ1) is 14.9. The third kappa shape index (κ3) is 2.84. The number of aryl methyl sites for hydroxylation is 2. The third-order valence-electron chi connectivity index (χ3n) is 3.60. The van der Waals surface area contributed by atoms with Gasteiger partial charge >= 0.3 is 0 Å². The molecule has 0 saturated carbocycles. The fraction of sp³-hybridized carbons (Fsp3) is 0.294. The second-order valence-corrected chi connectivity index (χ2v) is 5.74. The first-order valence-electron chi connectivity index (χ1n) is 6.69. The topological polar surface area (TPSA) is 35.2 Å². The molecule has 0 fully saturated rings. The van der Waals surface area contributed by atoms with Gasteiger partial charge in [-0.05, 0) is 55.9 Å². The Balaban J connectivity index is 2.48. The summed E-state index contributed by atoms with van der Waals surface area (Å²) in [5.41, 5.74) is 10.5. The molecule has 2 nitrogen and oxygen atoms in total. The summed E-state index contributed by atoms with van der Waals surface area (Å²) < 4.78 is 6.19. The molecule has 0 aliphatic rings. The summed E-state index contributed by atoms with van der Waals surface area (Å²) in [6.45, 7) is 6.75. The van der Waals surface area contributed by atoms with Crippen LogP contribution in [0.3, 0.4) is 0 Å². The van der Waals surface area contributed by atoms with Crippen molar-refractivity contribution in [2.24, 2.45) is 5.73 Å². The smallest absolute Gasteiger partial charge is 0.133 e. The van der Waals surface area contributed by atoms with E-state index in [1.165, 1.54) is 16.0 Å². The number of ether oxygens (including phenoxy) is 1. The predicted molar refractivity (Wildman–Crippen MR) is 86.8 cm³/mol. The van der Waals surface area contributed by atoms with Crippen LogP contribution >= 0.6 is 11.8 Å². The Morgan fingerprint density at radius 3 is 2.40 bits per heavy atom. The molecule has 0 saturated heterocycles. The van der Waals surface area contributed by atoms with Crippen molar-refractivity contribution in [2.75, 3.05) is 6.26 Å². The van der Waals surface area contributed by atoms with Gasteiger partial charge in [-0.2, -0.15) is 0 Å². The normalized spacial score (nSPS) is 10.7. The molecule has 0 atom stereocenters. The molecule has 0 aliphatic heterocycles. The van der Waals surface area contributed by atoms with Crippen molar-refractivity contribution in [1.82, 2.24) is 0 Å². The van der Waals surface area contributed by atoms with Gasteiger partial charge in [-0.25, -0.2) is 0 Å². The van der Waals surface area contributed by atoms with Crippen molar-refractivity contribution in [3.05, 3.63) is 52.6 Å². The fourth-order valence-corrected chi connectivity index (χ4v) is 2.87. The van der Waals surface area contributed by atoms with Crippen LogP contribution in [0.1, 0.15) is 22.3 Å². The van der Waals surface area contributed by atoms with Crippen molar-refractivity contribution in [1.29, 1.82) is 0 Å². The molecule has 0 aromatic heterocycles. The van der Waals surface area contributed by atoms with E-state index in [0.717, 1.165) is 22.6 Å². The highest BCUT2D eigenvalue weighted by molar-refractivity contribution is 7.98. The van der Waals surface area contributed by atoms with Crippen LogP contribution in [0.25, 0.3) is 0 Å². The lowest BCUT2D eigenvalue weighted by Gasteiger charge is -2.17. The maximum atomic E-state index is 6.19. The molecule has 0 radical (unpaired) electrons. The zero-order valence-electron chi connectivity index (χ0n) is 12.5. The molecule has 3 heteroatoms. The van der Waals surface area contributed by atoms with Gasteiger partial charge in [0.1, 0.15) is 11.5 Å². The highest BCUT2D eigenvalue weighted by Gasteiger charge is 2.12. The van der Waals surface area contributed by atoms with Crippen LogP contribution in [-0.4, -0.2) is 6.26 Å². The van der Waals surface area contributed by atoms with E-state index in [9.17, 15) is 0 Å². The average Bonchev–Trinajstić information content (AvgIpc) is 2.47. The Bertz CT molecular complexity index is 623. The number of hydrogen-bond acceptors (Lipinski definition) is 3. The molecule has 0 unspecified atom stereocenters. The van der Waals surface area contributed by atoms with Gasteiger partial charge in [0.05, 0.1) is 0 Å². The standard InChI is InChI=1S/C17H21NOS/c1-11-8-9-12(2)17(13(11)3)19-15-6-5-7-16(20-4)14(15)10-18/h5-9H,10,18H2,1-4H3. The summed E-state index contributed by atoms with van der Waals surface area (Å²) >= 11 is 1.70. The van der Waals surface area contributed by atoms with Crippen molar-refractivity contribution in [3.63, 3.8) is 0 Å². The van der Waals surface area contributed by atoms with Gasteiger partial charge in [-0.3, -0.25) is 0 Å². The van der Waals surface area contributed by atoms with E-state index in [-0.39, 0.29) is 0 Å². The lowest BCUT2D eigenvalue weighted by molar-refractivity contribution is 0.466. The van der Waals surface area contributed by atoms with Crippen molar-refractivity contribution in [2.45, 2.75) is 32.2 Å². The minimum absolute atomic E-state index is 0.482. The molecule has 0 heterocycles. The molecular weight excluding hydrogens is 266 g/mol. The lowest BCUT2D eigenvalue weighted by atomic mass is 10.1. The molecule has 20 heavy (non-hydrogen) atoms. The van der Waals surface area contributed by atoms with Gasteiger partial charge in [0.15, 0.2) is 0 Å². The fourth-order valence-electron chi connectivity index (χ4n) is 2.23. The van der Waals surface area contributed by atoms with Crippen LogP contribution in [-0.2, 0) is 6.54 Å². The maximum absolute atomic E-state index is 6.19. The third-order valence-corrected chi connectivity index (χ3v) is 4.42. The predicted octanol–water partition coefficient (Wildman–Crippen LogP) is 4.58. The summed E-state index contributed by atoms with van der Waals surface area (Å²) in [4.78, 5) is 1.17. The lowest BCUT2D eigenvalue weighted by Crippen LogP contribution is -2.02. The zero-order chi connectivity index (χ0) is 14.7. The number of thioether (sulfide) groups is 1. The van der Waals surface area contributed by atoms with Crippen LogP contribution in [0.5, 0.6) is 11.5 Å². The molecule has 0 aliphatic carbocycles. The van der Waals surface area contributed by atoms with E-state index in [4.69, 9.17) is 10.5 Å². The van der Waals surface area contributed by atoms with E-state index >= 15 is 0 Å². The Labute approximate surface area is 125 Å². The summed E-state index contributed by atoms with van der Waals surface area (Å²) in [6.07, 6.45) is 2.06. The van der Waals surface area contributed by atoms with E-state index in [0.29, 0.717) is 6.54 Å². The Hall–Kier alpha value is -1.45. The first-order valence-corrected chi connectivity index (χ1v) is 7.91. The van der Waals surface area contributed by atoms with Gasteiger partial charge in [0.2, 0.25) is 0 Å². The second-order valence-electron chi connectivity index (χ2n) is 4.90. The van der Waals surface area contributed by atoms with E-state index in [1.807, 2.05) is 12.1 Å². The van der Waals surface area contributed by atoms with Crippen LogP contribution in [0, 0.1) is 20.8 Å². The van der Waals surface area contributed by atoms with Crippen molar-refractivity contribution >= 4 is 11.8 Å². The number of rotatable bonds is 4. The van der Waals surface area contributed by atoms with Crippen molar-refractivity contribution < 1.29 is 4.74 Å². The first-order chi connectivity index (χ1) is 9.58. The minimum atomic E-state index is 0.482. The van der Waals surface area contributed by atoms with Crippen LogP contribution in [0.15, 0.2) is 35.2 Å². The van der Waals surface area contributed by atoms with Gasteiger partial charge < -0.3 is 10.5 Å². The molecule has 2 N–H and O–H groups in total. The van der Waals surface area contributed by atoms with E-state index in [1.54, 1.807) is 11.8 Å². The highest BCUT2D eigenvalue weighted by atomic mass is 32.2. The number of benzene rings is 2. The summed E-state index contributed by atoms with van der Waals surface area (Å²) in [5.74, 6) is 1.80. The van der Waals surface area contributed by atoms with Crippen molar-refractivity contribution in [3.8, 4) is 11.5 Å². The molecule has 2 aromatic carbocycles. The van der Waals surface area contributed by atoms with E-state index < -0.39 is 0 Å². The quantitative estimate of drug-likeness (QED) is 0.836. The van der Waals surface area contributed by atoms with Crippen LogP contribution < -0.4 is 10.5 Å². The molecule has 2 aromatic rings. The second kappa shape index (κ2) is 6.33. The highest BCUT2D eigenvalue weighted by Crippen LogP contribution is 2.35. The average molecular weight is 287 g/mol.